The van der Waals surface area contributed by atoms with Gasteiger partial charge in [0.1, 0.15) is 24.4 Å². The van der Waals surface area contributed by atoms with Crippen LogP contribution in [0.5, 0.6) is 0 Å². The van der Waals surface area contributed by atoms with E-state index in [-0.39, 0.29) is 0 Å². The summed E-state index contributed by atoms with van der Waals surface area (Å²) < 4.78 is 18.5. The Morgan fingerprint density at radius 3 is 2.47 bits per heavy atom. The second kappa shape index (κ2) is 5.25. The Morgan fingerprint density at radius 2 is 2.05 bits per heavy atom. The van der Waals surface area contributed by atoms with Crippen LogP contribution in [-0.4, -0.2) is 79.2 Å². The van der Waals surface area contributed by atoms with Crippen LogP contribution in [0.4, 0.5) is 4.39 Å². The van der Waals surface area contributed by atoms with Crippen molar-refractivity contribution in [3.63, 3.8) is 0 Å². The molecule has 8 N–H and O–H groups in total. The summed E-state index contributed by atoms with van der Waals surface area (Å²) in [6.45, 7) is -0.987. The number of carboxylic acid groups (broad SMARTS) is 1. The lowest BCUT2D eigenvalue weighted by molar-refractivity contribution is -0.325. The lowest BCUT2D eigenvalue weighted by Gasteiger charge is -2.46. The van der Waals surface area contributed by atoms with Gasteiger partial charge in [0.2, 0.25) is 5.79 Å². The quantitative estimate of drug-likeness (QED) is 0.256. The molecule has 0 saturated carbocycles. The molecule has 0 radical (unpaired) electrons. The zero-order chi connectivity index (χ0) is 15.0. The van der Waals surface area contributed by atoms with E-state index in [9.17, 15) is 29.6 Å². The molecule has 0 aromatic heterocycles. The average Bonchev–Trinajstić information content (AvgIpc) is 2.32. The zero-order valence-corrected chi connectivity index (χ0v) is 9.68. The fraction of sp³-hybridized carbons (Fsp3) is 0.889. The second-order valence-corrected chi connectivity index (χ2v) is 4.42. The van der Waals surface area contributed by atoms with Crippen molar-refractivity contribution in [3.05, 3.63) is 0 Å². The van der Waals surface area contributed by atoms with Crippen LogP contribution in [0.15, 0.2) is 0 Å². The molecule has 1 aliphatic rings. The lowest BCUT2D eigenvalue weighted by atomic mass is 9.87. The normalized spacial score (nSPS) is 42.7. The van der Waals surface area contributed by atoms with E-state index in [4.69, 9.17) is 15.9 Å². The number of aliphatic hydroxyl groups excluding tert-OH is 4. The minimum Gasteiger partial charge on any atom is -0.477 e. The smallest absolute Gasteiger partial charge is 0.364 e. The Morgan fingerprint density at radius 1 is 1.53 bits per heavy atom. The van der Waals surface area contributed by atoms with E-state index in [1.54, 1.807) is 0 Å². The minimum absolute atomic E-state index is 0.987. The predicted molar refractivity (Wildman–Crippen MR) is 55.2 cm³/mol. The monoisotopic (exact) mass is 285 g/mol. The van der Waals surface area contributed by atoms with Crippen LogP contribution in [0.3, 0.4) is 0 Å². The molecule has 0 aromatic rings. The topological polar surface area (TPSA) is 174 Å². The van der Waals surface area contributed by atoms with Crippen molar-refractivity contribution in [1.82, 2.24) is 0 Å². The standard InChI is InChI=1S/C9H16FNO8/c10-9(11)4(14)1-8(18,7(16)17)19-6(9)5(15)3(13)2-12/h3-6,12-15,18H,1-2,11H2,(H,16,17)/t3-,4+,5-,6+,8?,9-/m1/s1. The fourth-order valence-electron chi connectivity index (χ4n) is 1.74. The lowest BCUT2D eigenvalue weighted by Crippen LogP contribution is -2.71. The first-order valence-corrected chi connectivity index (χ1v) is 5.32. The summed E-state index contributed by atoms with van der Waals surface area (Å²) in [7, 11) is 0. The number of rotatable bonds is 4. The number of halogens is 1. The summed E-state index contributed by atoms with van der Waals surface area (Å²) in [5.74, 6) is -8.00. The first-order valence-electron chi connectivity index (χ1n) is 5.32. The molecule has 1 rings (SSSR count). The first-order chi connectivity index (χ1) is 8.56. The molecule has 6 atom stereocenters. The van der Waals surface area contributed by atoms with E-state index < -0.39 is 55.0 Å². The van der Waals surface area contributed by atoms with Gasteiger partial charge in [0.15, 0.2) is 0 Å². The number of hydrogen-bond donors (Lipinski definition) is 7. The Balaban J connectivity index is 3.07. The molecule has 112 valence electrons. The van der Waals surface area contributed by atoms with E-state index in [0.717, 1.165) is 0 Å². The highest BCUT2D eigenvalue weighted by molar-refractivity contribution is 5.75. The molecule has 9 nitrogen and oxygen atoms in total. The fourth-order valence-corrected chi connectivity index (χ4v) is 1.74. The van der Waals surface area contributed by atoms with Crippen LogP contribution in [-0.2, 0) is 9.53 Å². The van der Waals surface area contributed by atoms with Gasteiger partial charge >= 0.3 is 5.97 Å². The third-order valence-electron chi connectivity index (χ3n) is 2.96. The molecule has 0 amide bonds. The number of hydrogen-bond acceptors (Lipinski definition) is 8. The molecule has 1 fully saturated rings. The van der Waals surface area contributed by atoms with Gasteiger partial charge in [-0.2, -0.15) is 0 Å². The number of nitrogens with two attached hydrogens (primary N) is 1. The van der Waals surface area contributed by atoms with Crippen molar-refractivity contribution in [2.24, 2.45) is 5.73 Å². The van der Waals surface area contributed by atoms with Gasteiger partial charge in [0.05, 0.1) is 6.61 Å². The molecule has 10 heteroatoms. The van der Waals surface area contributed by atoms with Crippen LogP contribution in [0.1, 0.15) is 6.42 Å². The molecule has 1 aliphatic heterocycles. The maximum atomic E-state index is 14.0. The predicted octanol–water partition coefficient (Wildman–Crippen LogP) is -3.75. The third-order valence-corrected chi connectivity index (χ3v) is 2.96. The Labute approximate surface area is 106 Å². The highest BCUT2D eigenvalue weighted by atomic mass is 19.1. The van der Waals surface area contributed by atoms with Crippen LogP contribution in [0.25, 0.3) is 0 Å². The van der Waals surface area contributed by atoms with E-state index in [2.05, 4.69) is 4.74 Å². The van der Waals surface area contributed by atoms with Crippen LogP contribution in [0, 0.1) is 0 Å². The van der Waals surface area contributed by atoms with E-state index >= 15 is 0 Å². The van der Waals surface area contributed by atoms with Crippen LogP contribution < -0.4 is 5.73 Å². The number of aliphatic carboxylic acids is 1. The molecular formula is C9H16FNO8. The van der Waals surface area contributed by atoms with Crippen molar-refractivity contribution < 1.29 is 44.6 Å². The van der Waals surface area contributed by atoms with Crippen molar-refractivity contribution in [2.45, 2.75) is 42.4 Å². The first kappa shape index (κ1) is 16.2. The summed E-state index contributed by atoms with van der Waals surface area (Å²) >= 11 is 0. The molecule has 1 saturated heterocycles. The van der Waals surface area contributed by atoms with Gasteiger partial charge in [0.25, 0.3) is 5.79 Å². The van der Waals surface area contributed by atoms with Crippen LogP contribution >= 0.6 is 0 Å². The van der Waals surface area contributed by atoms with Crippen molar-refractivity contribution in [3.8, 4) is 0 Å². The van der Waals surface area contributed by atoms with Gasteiger partial charge < -0.3 is 35.4 Å². The van der Waals surface area contributed by atoms with E-state index in [0.29, 0.717) is 0 Å². The maximum absolute atomic E-state index is 14.0. The van der Waals surface area contributed by atoms with E-state index in [1.807, 2.05) is 0 Å². The van der Waals surface area contributed by atoms with Gasteiger partial charge in [-0.25, -0.2) is 9.18 Å². The van der Waals surface area contributed by atoms with E-state index in [1.165, 1.54) is 0 Å². The molecule has 0 aliphatic carbocycles. The van der Waals surface area contributed by atoms with Gasteiger partial charge in [-0.3, -0.25) is 5.73 Å². The number of ether oxygens (including phenoxy) is 1. The highest BCUT2D eigenvalue weighted by Gasteiger charge is 2.60. The zero-order valence-electron chi connectivity index (χ0n) is 9.68. The molecule has 1 unspecified atom stereocenters. The average molecular weight is 285 g/mol. The number of carbonyl (C=O) groups is 1. The minimum atomic E-state index is -3.11. The summed E-state index contributed by atoms with van der Waals surface area (Å²) in [5.41, 5.74) is 5.08. The Kier molecular flexibility index (Phi) is 4.47. The molecule has 0 bridgehead atoms. The molecular weight excluding hydrogens is 269 g/mol. The largest absolute Gasteiger partial charge is 0.477 e. The SMILES string of the molecule is N[C@]1(F)[C@@H](O)CC(O)(C(=O)O)O[C@H]1[C@H](O)[C@H](O)CO. The number of aliphatic hydroxyl groups is 5. The molecule has 0 aromatic carbocycles. The van der Waals surface area contributed by atoms with Gasteiger partial charge in [-0.1, -0.05) is 0 Å². The molecule has 0 spiro atoms. The van der Waals surface area contributed by atoms with Crippen molar-refractivity contribution in [2.75, 3.05) is 6.61 Å². The van der Waals surface area contributed by atoms with Crippen LogP contribution in [0.2, 0.25) is 0 Å². The Bertz CT molecular complexity index is 353. The number of carboxylic acids is 1. The number of alkyl halides is 1. The van der Waals surface area contributed by atoms with Gasteiger partial charge in [-0.05, 0) is 0 Å². The summed E-state index contributed by atoms with van der Waals surface area (Å²) in [4.78, 5) is 10.8. The maximum Gasteiger partial charge on any atom is 0.364 e. The third kappa shape index (κ3) is 2.84. The van der Waals surface area contributed by atoms with Gasteiger partial charge in [0, 0.05) is 6.42 Å². The summed E-state index contributed by atoms with van der Waals surface area (Å²) in [5, 5.41) is 55.1. The van der Waals surface area contributed by atoms with Crippen molar-refractivity contribution in [1.29, 1.82) is 0 Å². The molecule has 19 heavy (non-hydrogen) atoms. The summed E-state index contributed by atoms with van der Waals surface area (Å²) in [6.07, 6.45) is -9.52. The highest BCUT2D eigenvalue weighted by Crippen LogP contribution is 2.36. The van der Waals surface area contributed by atoms with Crippen molar-refractivity contribution >= 4 is 5.97 Å². The summed E-state index contributed by atoms with van der Waals surface area (Å²) in [6, 6.07) is 0. The second-order valence-electron chi connectivity index (χ2n) is 4.42. The Hall–Kier alpha value is -0.880. The van der Waals surface area contributed by atoms with Gasteiger partial charge in [-0.15, -0.1) is 0 Å². The molecule has 1 heterocycles.